The summed E-state index contributed by atoms with van der Waals surface area (Å²) < 4.78 is 7.90. The molecule has 1 fully saturated rings. The smallest absolute Gasteiger partial charge is 0.124 e. The van der Waals surface area contributed by atoms with Gasteiger partial charge in [0.05, 0.1) is 17.4 Å². The van der Waals surface area contributed by atoms with Gasteiger partial charge in [-0.3, -0.25) is 0 Å². The van der Waals surface area contributed by atoms with Crippen molar-refractivity contribution in [1.29, 1.82) is 0 Å². The SMILES string of the molecule is C[Si](C)(C)CCOCn1cnc2cc(C(N)C3CC3)ccc21. The van der Waals surface area contributed by atoms with Crippen LogP contribution in [0.2, 0.25) is 25.7 Å². The third-order valence-corrected chi connectivity index (χ3v) is 6.09. The topological polar surface area (TPSA) is 53.1 Å². The summed E-state index contributed by atoms with van der Waals surface area (Å²) in [6.07, 6.45) is 4.39. The Labute approximate surface area is 133 Å². The summed E-state index contributed by atoms with van der Waals surface area (Å²) in [7, 11) is -1.02. The van der Waals surface area contributed by atoms with E-state index in [1.165, 1.54) is 24.4 Å². The maximum absolute atomic E-state index is 6.28. The Hall–Kier alpha value is -1.17. The number of imidazole rings is 1. The Balaban J connectivity index is 1.64. The van der Waals surface area contributed by atoms with E-state index in [2.05, 4.69) is 47.4 Å². The van der Waals surface area contributed by atoms with Gasteiger partial charge < -0.3 is 15.0 Å². The Morgan fingerprint density at radius 3 is 2.82 bits per heavy atom. The van der Waals surface area contributed by atoms with Crippen LogP contribution in [0.3, 0.4) is 0 Å². The summed E-state index contributed by atoms with van der Waals surface area (Å²) in [4.78, 5) is 4.51. The van der Waals surface area contributed by atoms with Crippen LogP contribution in [-0.4, -0.2) is 24.2 Å². The van der Waals surface area contributed by atoms with E-state index in [-0.39, 0.29) is 6.04 Å². The lowest BCUT2D eigenvalue weighted by Gasteiger charge is -2.15. The van der Waals surface area contributed by atoms with E-state index in [1.54, 1.807) is 0 Å². The zero-order chi connectivity index (χ0) is 15.7. The minimum Gasteiger partial charge on any atom is -0.361 e. The standard InChI is InChI=1S/C17H27N3OSi/c1-22(2,3)9-8-21-12-20-11-19-15-10-14(6-7-16(15)20)17(18)13-4-5-13/h6-7,10-11,13,17H,4-5,8-9,12,18H2,1-3H3. The molecule has 2 N–H and O–H groups in total. The van der Waals surface area contributed by atoms with E-state index in [4.69, 9.17) is 10.5 Å². The third-order valence-electron chi connectivity index (χ3n) is 4.39. The molecule has 120 valence electrons. The van der Waals surface area contributed by atoms with Gasteiger partial charge in [0, 0.05) is 20.7 Å². The predicted molar refractivity (Wildman–Crippen MR) is 93.5 cm³/mol. The minimum absolute atomic E-state index is 0.169. The molecule has 1 heterocycles. The zero-order valence-corrected chi connectivity index (χ0v) is 14.9. The second kappa shape index (κ2) is 6.14. The Kier molecular flexibility index (Phi) is 4.39. The Morgan fingerprint density at radius 1 is 1.36 bits per heavy atom. The second-order valence-corrected chi connectivity index (χ2v) is 13.3. The van der Waals surface area contributed by atoms with Crippen molar-refractivity contribution in [1.82, 2.24) is 9.55 Å². The number of rotatable bonds is 7. The first kappa shape index (κ1) is 15.7. The molecule has 2 aromatic rings. The van der Waals surface area contributed by atoms with E-state index >= 15 is 0 Å². The Bertz CT molecular complexity index is 643. The molecular weight excluding hydrogens is 290 g/mol. The molecule has 0 bridgehead atoms. The van der Waals surface area contributed by atoms with E-state index in [0.29, 0.717) is 12.6 Å². The summed E-state index contributed by atoms with van der Waals surface area (Å²) in [6.45, 7) is 8.52. The first-order valence-electron chi connectivity index (χ1n) is 8.22. The molecule has 1 atom stereocenters. The van der Waals surface area contributed by atoms with Crippen molar-refractivity contribution < 1.29 is 4.74 Å². The van der Waals surface area contributed by atoms with E-state index in [9.17, 15) is 0 Å². The van der Waals surface area contributed by atoms with Gasteiger partial charge in [0.15, 0.2) is 0 Å². The van der Waals surface area contributed by atoms with Crippen molar-refractivity contribution in [2.24, 2.45) is 11.7 Å². The van der Waals surface area contributed by atoms with Crippen molar-refractivity contribution in [3.63, 3.8) is 0 Å². The lowest BCUT2D eigenvalue weighted by molar-refractivity contribution is 0.0898. The van der Waals surface area contributed by atoms with Crippen molar-refractivity contribution in [2.75, 3.05) is 6.61 Å². The van der Waals surface area contributed by atoms with Gasteiger partial charge in [-0.1, -0.05) is 25.7 Å². The molecule has 1 unspecified atom stereocenters. The monoisotopic (exact) mass is 317 g/mol. The van der Waals surface area contributed by atoms with Crippen LogP contribution in [0.4, 0.5) is 0 Å². The summed E-state index contributed by atoms with van der Waals surface area (Å²) in [5, 5.41) is 0. The quantitative estimate of drug-likeness (QED) is 0.625. The highest BCUT2D eigenvalue weighted by atomic mass is 28.3. The van der Waals surface area contributed by atoms with Gasteiger partial charge in [-0.05, 0) is 42.5 Å². The summed E-state index contributed by atoms with van der Waals surface area (Å²) in [6, 6.07) is 7.77. The molecule has 0 radical (unpaired) electrons. The van der Waals surface area contributed by atoms with E-state index < -0.39 is 8.07 Å². The number of benzene rings is 1. The number of hydrogen-bond acceptors (Lipinski definition) is 3. The van der Waals surface area contributed by atoms with Gasteiger partial charge in [-0.2, -0.15) is 0 Å². The maximum atomic E-state index is 6.28. The van der Waals surface area contributed by atoms with Crippen LogP contribution >= 0.6 is 0 Å². The normalized spacial score (nSPS) is 17.1. The molecule has 1 aromatic heterocycles. The van der Waals surface area contributed by atoms with Crippen LogP contribution in [0.15, 0.2) is 24.5 Å². The highest BCUT2D eigenvalue weighted by Crippen LogP contribution is 2.39. The van der Waals surface area contributed by atoms with Gasteiger partial charge in [-0.25, -0.2) is 4.98 Å². The highest BCUT2D eigenvalue weighted by Gasteiger charge is 2.29. The maximum Gasteiger partial charge on any atom is 0.124 e. The fraction of sp³-hybridized carbons (Fsp3) is 0.588. The molecule has 1 aromatic carbocycles. The van der Waals surface area contributed by atoms with Crippen LogP contribution in [-0.2, 0) is 11.5 Å². The fourth-order valence-electron chi connectivity index (χ4n) is 2.66. The average molecular weight is 318 g/mol. The van der Waals surface area contributed by atoms with E-state index in [0.717, 1.165) is 17.6 Å². The molecule has 5 heteroatoms. The van der Waals surface area contributed by atoms with Crippen molar-refractivity contribution in [3.8, 4) is 0 Å². The number of ether oxygens (including phenoxy) is 1. The molecular formula is C17H27N3OSi. The van der Waals surface area contributed by atoms with Crippen LogP contribution < -0.4 is 5.73 Å². The van der Waals surface area contributed by atoms with Crippen molar-refractivity contribution in [3.05, 3.63) is 30.1 Å². The Morgan fingerprint density at radius 2 is 2.14 bits per heavy atom. The van der Waals surface area contributed by atoms with Crippen molar-refractivity contribution >= 4 is 19.1 Å². The van der Waals surface area contributed by atoms with E-state index in [1.807, 2.05) is 6.33 Å². The molecule has 0 spiro atoms. The molecule has 3 rings (SSSR count). The van der Waals surface area contributed by atoms with Gasteiger partial charge in [0.2, 0.25) is 0 Å². The largest absolute Gasteiger partial charge is 0.361 e. The molecule has 1 saturated carbocycles. The molecule has 1 aliphatic carbocycles. The van der Waals surface area contributed by atoms with Gasteiger partial charge >= 0.3 is 0 Å². The van der Waals surface area contributed by atoms with Crippen LogP contribution in [0.25, 0.3) is 11.0 Å². The molecule has 1 aliphatic rings. The van der Waals surface area contributed by atoms with Crippen LogP contribution in [0.5, 0.6) is 0 Å². The lowest BCUT2D eigenvalue weighted by atomic mass is 10.0. The number of fused-ring (bicyclic) bond motifs is 1. The summed E-state index contributed by atoms with van der Waals surface area (Å²) in [5.41, 5.74) is 9.63. The summed E-state index contributed by atoms with van der Waals surface area (Å²) in [5.74, 6) is 0.671. The zero-order valence-electron chi connectivity index (χ0n) is 13.9. The number of hydrogen-bond donors (Lipinski definition) is 1. The number of aromatic nitrogens is 2. The third kappa shape index (κ3) is 3.77. The molecule has 4 nitrogen and oxygen atoms in total. The first-order valence-corrected chi connectivity index (χ1v) is 11.9. The van der Waals surface area contributed by atoms with Gasteiger partial charge in [0.1, 0.15) is 6.73 Å². The summed E-state index contributed by atoms with van der Waals surface area (Å²) >= 11 is 0. The predicted octanol–water partition coefficient (Wildman–Crippen LogP) is 3.76. The second-order valence-electron chi connectivity index (χ2n) is 7.67. The van der Waals surface area contributed by atoms with Crippen molar-refractivity contribution in [2.45, 2.75) is 51.3 Å². The molecule has 0 amide bonds. The van der Waals surface area contributed by atoms with Crippen LogP contribution in [0, 0.1) is 5.92 Å². The first-order chi connectivity index (χ1) is 10.4. The fourth-order valence-corrected chi connectivity index (χ4v) is 3.42. The molecule has 0 aliphatic heterocycles. The lowest BCUT2D eigenvalue weighted by Crippen LogP contribution is -2.21. The molecule has 22 heavy (non-hydrogen) atoms. The van der Waals surface area contributed by atoms with Gasteiger partial charge in [-0.15, -0.1) is 0 Å². The number of nitrogens with two attached hydrogens (primary N) is 1. The van der Waals surface area contributed by atoms with Gasteiger partial charge in [0.25, 0.3) is 0 Å². The highest BCUT2D eigenvalue weighted by molar-refractivity contribution is 6.76. The number of nitrogens with zero attached hydrogens (tertiary/aromatic N) is 2. The molecule has 0 saturated heterocycles. The van der Waals surface area contributed by atoms with Crippen LogP contribution in [0.1, 0.15) is 24.4 Å². The minimum atomic E-state index is -1.02. The average Bonchev–Trinajstić information content (AvgIpc) is 3.23.